The van der Waals surface area contributed by atoms with Gasteiger partial charge in [0.2, 0.25) is 0 Å². The summed E-state index contributed by atoms with van der Waals surface area (Å²) in [6.45, 7) is 14.5. The van der Waals surface area contributed by atoms with Gasteiger partial charge in [-0.25, -0.2) is 4.99 Å². The zero-order valence-corrected chi connectivity index (χ0v) is 17.7. The summed E-state index contributed by atoms with van der Waals surface area (Å²) in [6, 6.07) is 8.69. The van der Waals surface area contributed by atoms with Gasteiger partial charge in [-0.2, -0.15) is 0 Å². The number of methoxy groups -OCH3 is 1. The number of nitrogens with zero attached hydrogens (tertiary/aromatic N) is 2. The molecule has 1 saturated heterocycles. The molecule has 1 aliphatic rings. The first kappa shape index (κ1) is 21.4. The van der Waals surface area contributed by atoms with E-state index in [9.17, 15) is 0 Å². The Kier molecular flexibility index (Phi) is 8.23. The highest BCUT2D eigenvalue weighted by Crippen LogP contribution is 2.26. The summed E-state index contributed by atoms with van der Waals surface area (Å²) in [5, 5.41) is 6.97. The molecule has 0 saturated carbocycles. The summed E-state index contributed by atoms with van der Waals surface area (Å²) in [7, 11) is 1.65. The minimum Gasteiger partial charge on any atom is -0.493 e. The van der Waals surface area contributed by atoms with Gasteiger partial charge in [0, 0.05) is 31.7 Å². The van der Waals surface area contributed by atoms with Gasteiger partial charge in [0.05, 0.1) is 13.7 Å². The number of rotatable bonds is 8. The van der Waals surface area contributed by atoms with Crippen molar-refractivity contribution in [3.63, 3.8) is 0 Å². The van der Waals surface area contributed by atoms with Crippen LogP contribution in [-0.2, 0) is 0 Å². The average Bonchev–Trinajstić information content (AvgIpc) is 3.01. The number of hydrogen-bond donors (Lipinski definition) is 2. The molecule has 1 aromatic rings. The maximum atomic E-state index is 6.01. The molecule has 6 nitrogen and oxygen atoms in total. The predicted octanol–water partition coefficient (Wildman–Crippen LogP) is 2.75. The molecule has 0 bridgehead atoms. The molecule has 1 heterocycles. The molecule has 1 aliphatic heterocycles. The van der Waals surface area contributed by atoms with Gasteiger partial charge in [-0.15, -0.1) is 0 Å². The lowest BCUT2D eigenvalue weighted by Gasteiger charge is -2.22. The lowest BCUT2D eigenvalue weighted by molar-refractivity contribution is 0.219. The van der Waals surface area contributed by atoms with Gasteiger partial charge >= 0.3 is 0 Å². The third kappa shape index (κ3) is 6.31. The zero-order chi connectivity index (χ0) is 19.8. The van der Waals surface area contributed by atoms with E-state index in [0.717, 1.165) is 37.1 Å². The normalized spacial score (nSPS) is 22.0. The van der Waals surface area contributed by atoms with Crippen LogP contribution in [0.2, 0.25) is 0 Å². The van der Waals surface area contributed by atoms with E-state index in [1.165, 1.54) is 0 Å². The van der Waals surface area contributed by atoms with Gasteiger partial charge < -0.3 is 20.1 Å². The number of hydrogen-bond acceptors (Lipinski definition) is 4. The first-order valence-electron chi connectivity index (χ1n) is 10.0. The fraction of sp³-hybridized carbons (Fsp3) is 0.667. The maximum Gasteiger partial charge on any atom is 0.191 e. The smallest absolute Gasteiger partial charge is 0.191 e. The Bertz CT molecular complexity index is 606. The Morgan fingerprint density at radius 3 is 2.52 bits per heavy atom. The van der Waals surface area contributed by atoms with Crippen molar-refractivity contribution in [3.8, 4) is 11.5 Å². The summed E-state index contributed by atoms with van der Waals surface area (Å²) < 4.78 is 11.4. The summed E-state index contributed by atoms with van der Waals surface area (Å²) in [6.07, 6.45) is -0.0510. The molecule has 3 unspecified atom stereocenters. The Labute approximate surface area is 164 Å². The molecule has 27 heavy (non-hydrogen) atoms. The minimum absolute atomic E-state index is 0.0510. The van der Waals surface area contributed by atoms with Gasteiger partial charge in [-0.05, 0) is 45.7 Å². The van der Waals surface area contributed by atoms with Crippen molar-refractivity contribution < 1.29 is 9.47 Å². The lowest BCUT2D eigenvalue weighted by Crippen LogP contribution is -2.47. The zero-order valence-electron chi connectivity index (χ0n) is 17.7. The van der Waals surface area contributed by atoms with Crippen LogP contribution in [0.5, 0.6) is 11.5 Å². The molecule has 2 rings (SSSR count). The topological polar surface area (TPSA) is 58.1 Å². The fourth-order valence-corrected chi connectivity index (χ4v) is 3.30. The van der Waals surface area contributed by atoms with E-state index in [4.69, 9.17) is 14.5 Å². The molecule has 0 aromatic heterocycles. The van der Waals surface area contributed by atoms with Gasteiger partial charge in [0.25, 0.3) is 0 Å². The summed E-state index contributed by atoms with van der Waals surface area (Å²) >= 11 is 0. The molecule has 3 atom stereocenters. The minimum atomic E-state index is -0.0510. The van der Waals surface area contributed by atoms with Crippen molar-refractivity contribution in [3.05, 3.63) is 24.3 Å². The SMILES string of the molecule is CCNC(=NCC(C)Oc1ccccc1OC)NC1CN(C(C)C)CC1C. The number of benzene rings is 1. The van der Waals surface area contributed by atoms with Crippen molar-refractivity contribution in [2.75, 3.05) is 33.3 Å². The Hall–Kier alpha value is -1.95. The van der Waals surface area contributed by atoms with E-state index in [0.29, 0.717) is 24.5 Å². The van der Waals surface area contributed by atoms with Gasteiger partial charge in [0.1, 0.15) is 6.10 Å². The average molecular weight is 377 g/mol. The summed E-state index contributed by atoms with van der Waals surface area (Å²) in [5.74, 6) is 2.94. The standard InChI is InChI=1S/C21H36N4O2/c1-7-22-21(24-18-14-25(15(2)3)13-16(18)4)23-12-17(5)27-20-11-9-8-10-19(20)26-6/h8-11,15-18H,7,12-14H2,1-6H3,(H2,22,23,24). The monoisotopic (exact) mass is 376 g/mol. The predicted molar refractivity (Wildman–Crippen MR) is 112 cm³/mol. The number of guanidine groups is 1. The van der Waals surface area contributed by atoms with Gasteiger partial charge in [0.15, 0.2) is 17.5 Å². The van der Waals surface area contributed by atoms with Crippen molar-refractivity contribution in [2.45, 2.75) is 52.8 Å². The highest BCUT2D eigenvalue weighted by molar-refractivity contribution is 5.80. The van der Waals surface area contributed by atoms with Gasteiger partial charge in [-0.1, -0.05) is 19.1 Å². The van der Waals surface area contributed by atoms with Crippen LogP contribution < -0.4 is 20.1 Å². The van der Waals surface area contributed by atoms with Crippen molar-refractivity contribution in [2.24, 2.45) is 10.9 Å². The molecule has 1 fully saturated rings. The van der Waals surface area contributed by atoms with E-state index in [1.54, 1.807) is 7.11 Å². The highest BCUT2D eigenvalue weighted by atomic mass is 16.5. The van der Waals surface area contributed by atoms with E-state index >= 15 is 0 Å². The fourth-order valence-electron chi connectivity index (χ4n) is 3.30. The number of nitrogens with one attached hydrogen (secondary N) is 2. The van der Waals surface area contributed by atoms with Crippen molar-refractivity contribution in [1.29, 1.82) is 0 Å². The van der Waals surface area contributed by atoms with Gasteiger partial charge in [-0.3, -0.25) is 4.90 Å². The third-order valence-corrected chi connectivity index (χ3v) is 4.94. The van der Waals surface area contributed by atoms with Crippen LogP contribution in [0.25, 0.3) is 0 Å². The first-order chi connectivity index (χ1) is 12.9. The molecular weight excluding hydrogens is 340 g/mol. The summed E-state index contributed by atoms with van der Waals surface area (Å²) in [5.41, 5.74) is 0. The van der Waals surface area contributed by atoms with E-state index in [-0.39, 0.29) is 6.10 Å². The molecule has 2 N–H and O–H groups in total. The first-order valence-corrected chi connectivity index (χ1v) is 10.0. The molecule has 1 aromatic carbocycles. The Morgan fingerprint density at radius 2 is 1.93 bits per heavy atom. The summed E-state index contributed by atoms with van der Waals surface area (Å²) in [4.78, 5) is 7.26. The highest BCUT2D eigenvalue weighted by Gasteiger charge is 2.31. The molecule has 152 valence electrons. The number of likely N-dealkylation sites (tertiary alicyclic amines) is 1. The molecule has 6 heteroatoms. The van der Waals surface area contributed by atoms with Crippen molar-refractivity contribution >= 4 is 5.96 Å². The molecular formula is C21H36N4O2. The second-order valence-electron chi connectivity index (χ2n) is 7.57. The molecule has 0 amide bonds. The second-order valence-corrected chi connectivity index (χ2v) is 7.57. The molecule has 0 spiro atoms. The maximum absolute atomic E-state index is 6.01. The van der Waals surface area contributed by atoms with Crippen LogP contribution in [0, 0.1) is 5.92 Å². The largest absolute Gasteiger partial charge is 0.493 e. The van der Waals surface area contributed by atoms with E-state index < -0.39 is 0 Å². The van der Waals surface area contributed by atoms with Crippen LogP contribution in [0.1, 0.15) is 34.6 Å². The number of ether oxygens (including phenoxy) is 2. The number of para-hydroxylation sites is 2. The molecule has 0 aliphatic carbocycles. The van der Waals surface area contributed by atoms with Crippen LogP contribution in [0.15, 0.2) is 29.3 Å². The van der Waals surface area contributed by atoms with Crippen LogP contribution in [0.3, 0.4) is 0 Å². The Morgan fingerprint density at radius 1 is 1.22 bits per heavy atom. The quantitative estimate of drug-likeness (QED) is 0.540. The van der Waals surface area contributed by atoms with E-state index in [1.807, 2.05) is 31.2 Å². The lowest BCUT2D eigenvalue weighted by atomic mass is 10.1. The Balaban J connectivity index is 1.94. The van der Waals surface area contributed by atoms with Crippen LogP contribution in [0.4, 0.5) is 0 Å². The van der Waals surface area contributed by atoms with Crippen LogP contribution >= 0.6 is 0 Å². The van der Waals surface area contributed by atoms with E-state index in [2.05, 4.69) is 43.2 Å². The third-order valence-electron chi connectivity index (χ3n) is 4.94. The van der Waals surface area contributed by atoms with Crippen LogP contribution in [-0.4, -0.2) is 62.3 Å². The second kappa shape index (κ2) is 10.4. The molecule has 0 radical (unpaired) electrons. The van der Waals surface area contributed by atoms with Crippen molar-refractivity contribution in [1.82, 2.24) is 15.5 Å². The number of aliphatic imine (C=N–C) groups is 1.